The lowest BCUT2D eigenvalue weighted by Gasteiger charge is -2.28. The van der Waals surface area contributed by atoms with Crippen molar-refractivity contribution in [1.82, 2.24) is 0 Å². The van der Waals surface area contributed by atoms with E-state index in [0.29, 0.717) is 12.2 Å². The van der Waals surface area contributed by atoms with Crippen molar-refractivity contribution in [3.63, 3.8) is 0 Å². The van der Waals surface area contributed by atoms with Gasteiger partial charge in [0.1, 0.15) is 4.75 Å². The van der Waals surface area contributed by atoms with Crippen LogP contribution in [0.4, 0.5) is 8.78 Å². The Hall–Kier alpha value is -0.320. The minimum atomic E-state index is -2.22. The summed E-state index contributed by atoms with van der Waals surface area (Å²) in [5.74, 6) is -0.0411. The highest BCUT2D eigenvalue weighted by Crippen LogP contribution is 2.33. The Morgan fingerprint density at radius 3 is 2.29 bits per heavy atom. The predicted molar refractivity (Wildman–Crippen MR) is 67.8 cm³/mol. The number of carbonyl (C=O) groups is 1. The SMILES string of the molecule is CC(C)C(C)(SCCCCCC(F)F)C(=O)O. The lowest BCUT2D eigenvalue weighted by molar-refractivity contribution is -0.140. The molecule has 2 nitrogen and oxygen atoms in total. The molecule has 0 spiro atoms. The molecule has 0 fully saturated rings. The average Bonchev–Trinajstić information content (AvgIpc) is 2.21. The van der Waals surface area contributed by atoms with Gasteiger partial charge in [-0.05, 0) is 31.4 Å². The smallest absolute Gasteiger partial charge is 0.319 e. The van der Waals surface area contributed by atoms with Crippen LogP contribution in [0.1, 0.15) is 46.5 Å². The van der Waals surface area contributed by atoms with E-state index in [9.17, 15) is 13.6 Å². The lowest BCUT2D eigenvalue weighted by Crippen LogP contribution is -2.37. The number of aliphatic carboxylic acids is 1. The van der Waals surface area contributed by atoms with Gasteiger partial charge in [0.2, 0.25) is 6.43 Å². The highest BCUT2D eigenvalue weighted by molar-refractivity contribution is 8.01. The van der Waals surface area contributed by atoms with Gasteiger partial charge in [0.25, 0.3) is 0 Å². The highest BCUT2D eigenvalue weighted by atomic mass is 32.2. The molecule has 1 N–H and O–H groups in total. The van der Waals surface area contributed by atoms with E-state index in [-0.39, 0.29) is 12.3 Å². The number of hydrogen-bond donors (Lipinski definition) is 1. The fourth-order valence-electron chi connectivity index (χ4n) is 1.34. The van der Waals surface area contributed by atoms with E-state index in [1.54, 1.807) is 6.92 Å². The van der Waals surface area contributed by atoms with Crippen LogP contribution in [0.15, 0.2) is 0 Å². The zero-order valence-corrected chi connectivity index (χ0v) is 11.5. The molecule has 0 heterocycles. The monoisotopic (exact) mass is 268 g/mol. The zero-order chi connectivity index (χ0) is 13.5. The third-order valence-electron chi connectivity index (χ3n) is 2.99. The molecule has 1 atom stereocenters. The van der Waals surface area contributed by atoms with Crippen LogP contribution in [0.25, 0.3) is 0 Å². The summed E-state index contributed by atoms with van der Waals surface area (Å²) in [5.41, 5.74) is 0. The lowest BCUT2D eigenvalue weighted by atomic mass is 9.97. The second-order valence-corrected chi connectivity index (χ2v) is 6.20. The Labute approximate surface area is 106 Å². The molecule has 0 aliphatic heterocycles. The van der Waals surface area contributed by atoms with E-state index in [1.165, 1.54) is 11.8 Å². The van der Waals surface area contributed by atoms with E-state index >= 15 is 0 Å². The maximum absolute atomic E-state index is 11.9. The molecule has 0 aliphatic rings. The fraction of sp³-hybridized carbons (Fsp3) is 0.917. The molecule has 0 aliphatic carbocycles. The molecule has 0 rings (SSSR count). The summed E-state index contributed by atoms with van der Waals surface area (Å²) in [6, 6.07) is 0. The molecule has 0 radical (unpaired) electrons. The number of thioether (sulfide) groups is 1. The highest BCUT2D eigenvalue weighted by Gasteiger charge is 2.36. The van der Waals surface area contributed by atoms with Crippen molar-refractivity contribution < 1.29 is 18.7 Å². The van der Waals surface area contributed by atoms with E-state index in [2.05, 4.69) is 0 Å². The summed E-state index contributed by atoms with van der Waals surface area (Å²) >= 11 is 1.41. The van der Waals surface area contributed by atoms with Crippen LogP contribution < -0.4 is 0 Å². The summed E-state index contributed by atoms with van der Waals surface area (Å²) in [7, 11) is 0. The average molecular weight is 268 g/mol. The largest absolute Gasteiger partial charge is 0.480 e. The number of carboxylic acids is 1. The number of alkyl halides is 2. The Balaban J connectivity index is 3.81. The van der Waals surface area contributed by atoms with Crippen LogP contribution >= 0.6 is 11.8 Å². The molecule has 0 amide bonds. The van der Waals surface area contributed by atoms with Crippen molar-refractivity contribution in [1.29, 1.82) is 0 Å². The van der Waals surface area contributed by atoms with Gasteiger partial charge in [0.15, 0.2) is 0 Å². The first-order valence-electron chi connectivity index (χ1n) is 5.96. The fourth-order valence-corrected chi connectivity index (χ4v) is 2.57. The van der Waals surface area contributed by atoms with Crippen LogP contribution in [-0.2, 0) is 4.79 Å². The van der Waals surface area contributed by atoms with Gasteiger partial charge in [-0.15, -0.1) is 11.8 Å². The van der Waals surface area contributed by atoms with Crippen molar-refractivity contribution in [2.24, 2.45) is 5.92 Å². The summed E-state index contributed by atoms with van der Waals surface area (Å²) in [6.07, 6.45) is -0.213. The Morgan fingerprint density at radius 2 is 1.88 bits per heavy atom. The molecule has 1 unspecified atom stereocenters. The van der Waals surface area contributed by atoms with Crippen molar-refractivity contribution in [3.05, 3.63) is 0 Å². The molecule has 0 aromatic heterocycles. The molecule has 102 valence electrons. The number of carboxylic acid groups (broad SMARTS) is 1. The molecular formula is C12H22F2O2S. The van der Waals surface area contributed by atoms with Crippen LogP contribution in [-0.4, -0.2) is 28.0 Å². The topological polar surface area (TPSA) is 37.3 Å². The summed E-state index contributed by atoms with van der Waals surface area (Å²) in [6.45, 7) is 5.50. The minimum Gasteiger partial charge on any atom is -0.480 e. The van der Waals surface area contributed by atoms with Crippen molar-refractivity contribution in [3.8, 4) is 0 Å². The first kappa shape index (κ1) is 16.7. The Morgan fingerprint density at radius 1 is 1.29 bits per heavy atom. The van der Waals surface area contributed by atoms with Crippen LogP contribution in [0.2, 0.25) is 0 Å². The normalized spacial score (nSPS) is 15.2. The summed E-state index contributed by atoms with van der Waals surface area (Å²) < 4.78 is 22.9. The maximum Gasteiger partial charge on any atom is 0.319 e. The third kappa shape index (κ3) is 6.24. The molecule has 0 aromatic carbocycles. The van der Waals surface area contributed by atoms with Gasteiger partial charge in [-0.1, -0.05) is 20.3 Å². The molecular weight excluding hydrogens is 246 g/mol. The van der Waals surface area contributed by atoms with Gasteiger partial charge >= 0.3 is 5.97 Å². The first-order chi connectivity index (χ1) is 7.80. The van der Waals surface area contributed by atoms with Crippen molar-refractivity contribution in [2.75, 3.05) is 5.75 Å². The van der Waals surface area contributed by atoms with Gasteiger partial charge in [-0.3, -0.25) is 4.79 Å². The number of rotatable bonds is 9. The number of hydrogen-bond acceptors (Lipinski definition) is 2. The van der Waals surface area contributed by atoms with Crippen molar-refractivity contribution in [2.45, 2.75) is 57.6 Å². The van der Waals surface area contributed by atoms with E-state index in [4.69, 9.17) is 5.11 Å². The van der Waals surface area contributed by atoms with Gasteiger partial charge in [-0.2, -0.15) is 0 Å². The number of halogens is 2. The molecule has 0 aromatic rings. The first-order valence-corrected chi connectivity index (χ1v) is 6.94. The van der Waals surface area contributed by atoms with E-state index in [0.717, 1.165) is 12.8 Å². The van der Waals surface area contributed by atoms with Gasteiger partial charge in [0.05, 0.1) is 0 Å². The third-order valence-corrected chi connectivity index (χ3v) is 4.73. The van der Waals surface area contributed by atoms with Gasteiger partial charge in [0, 0.05) is 6.42 Å². The maximum atomic E-state index is 11.9. The molecule has 5 heteroatoms. The quantitative estimate of drug-likeness (QED) is 0.641. The minimum absolute atomic E-state index is 0.0473. The zero-order valence-electron chi connectivity index (χ0n) is 10.7. The number of unbranched alkanes of at least 4 members (excludes halogenated alkanes) is 2. The van der Waals surface area contributed by atoms with Crippen molar-refractivity contribution >= 4 is 17.7 Å². The Bertz CT molecular complexity index is 235. The molecule has 0 bridgehead atoms. The Kier molecular flexibility index (Phi) is 7.75. The molecule has 0 saturated carbocycles. The summed E-state index contributed by atoms with van der Waals surface area (Å²) in [5, 5.41) is 9.16. The van der Waals surface area contributed by atoms with Crippen LogP contribution in [0.3, 0.4) is 0 Å². The molecule has 17 heavy (non-hydrogen) atoms. The summed E-state index contributed by atoms with van der Waals surface area (Å²) in [4.78, 5) is 11.2. The predicted octanol–water partition coefficient (Wildman–Crippen LogP) is 4.04. The van der Waals surface area contributed by atoms with Gasteiger partial charge < -0.3 is 5.11 Å². The standard InChI is InChI=1S/C12H22F2O2S/c1-9(2)12(3,11(15)16)17-8-6-4-5-7-10(13)14/h9-10H,4-8H2,1-3H3,(H,15,16). The second-order valence-electron chi connectivity index (χ2n) is 4.66. The van der Waals surface area contributed by atoms with Gasteiger partial charge in [-0.25, -0.2) is 8.78 Å². The molecule has 0 saturated heterocycles. The van der Waals surface area contributed by atoms with Crippen LogP contribution in [0.5, 0.6) is 0 Å². The second kappa shape index (κ2) is 7.90. The van der Waals surface area contributed by atoms with E-state index in [1.807, 2.05) is 13.8 Å². The van der Waals surface area contributed by atoms with Crippen LogP contribution in [0, 0.1) is 5.92 Å². The van der Waals surface area contributed by atoms with E-state index < -0.39 is 17.1 Å².